The molecule has 0 bridgehead atoms. The van der Waals surface area contributed by atoms with E-state index in [1.807, 2.05) is 32.3 Å². The van der Waals surface area contributed by atoms with Gasteiger partial charge >= 0.3 is 0 Å². The second-order valence-corrected chi connectivity index (χ2v) is 8.03. The molecule has 7 heteroatoms. The second kappa shape index (κ2) is 8.77. The Morgan fingerprint density at radius 2 is 1.96 bits per heavy atom. The zero-order valence-electron chi connectivity index (χ0n) is 15.2. The first-order chi connectivity index (χ1) is 12.6. The number of ether oxygens (including phenoxy) is 1. The van der Waals surface area contributed by atoms with Gasteiger partial charge in [0.25, 0.3) is 0 Å². The molecule has 0 aromatic heterocycles. The average molecular weight is 435 g/mol. The summed E-state index contributed by atoms with van der Waals surface area (Å²) in [5.41, 5.74) is 3.16. The summed E-state index contributed by atoms with van der Waals surface area (Å²) < 4.78 is 5.35. The normalized spacial score (nSPS) is 16.2. The molecule has 0 aliphatic carbocycles. The summed E-state index contributed by atoms with van der Waals surface area (Å²) in [5, 5.41) is 10.1. The summed E-state index contributed by atoms with van der Waals surface area (Å²) in [6.45, 7) is 0.931. The van der Waals surface area contributed by atoms with Crippen molar-refractivity contribution in [3.05, 3.63) is 42.5 Å². The van der Waals surface area contributed by atoms with Gasteiger partial charge in [0.05, 0.1) is 18.5 Å². The van der Waals surface area contributed by atoms with Crippen molar-refractivity contribution >= 4 is 44.8 Å². The average Bonchev–Trinajstić information content (AvgIpc) is 3.01. The fraction of sp³-hybridized carbons (Fsp3) is 0.368. The van der Waals surface area contributed by atoms with E-state index in [0.717, 1.165) is 35.4 Å². The number of benzene rings is 2. The number of anilines is 2. The summed E-state index contributed by atoms with van der Waals surface area (Å²) >= 11 is 5.24. The third kappa shape index (κ3) is 4.32. The summed E-state index contributed by atoms with van der Waals surface area (Å²) in [7, 11) is 5.75. The van der Waals surface area contributed by atoms with Crippen LogP contribution in [0.25, 0.3) is 0 Å². The minimum atomic E-state index is -0.0512. The van der Waals surface area contributed by atoms with Gasteiger partial charge in [-0.25, -0.2) is 0 Å². The van der Waals surface area contributed by atoms with Crippen molar-refractivity contribution in [2.24, 2.45) is 10.2 Å². The molecule has 1 unspecified atom stereocenters. The standard InChI is InChI=1S/C19H23BrN4OS/c1-23(2)15-7-5-14(6-8-15)21-22-19-24(12-4-11-20)17-10-9-16(25-3)13-18(17)26-19/h5-10,13,19H,4,11-12H2,1-3H3. The topological polar surface area (TPSA) is 40.4 Å². The Labute approximate surface area is 167 Å². The smallest absolute Gasteiger partial charge is 0.194 e. The summed E-state index contributed by atoms with van der Waals surface area (Å²) in [4.78, 5) is 5.56. The maximum Gasteiger partial charge on any atom is 0.194 e. The number of nitrogens with zero attached hydrogens (tertiary/aromatic N) is 4. The number of halogens is 1. The van der Waals surface area contributed by atoms with Crippen molar-refractivity contribution in [3.63, 3.8) is 0 Å². The molecule has 1 heterocycles. The van der Waals surface area contributed by atoms with Crippen molar-refractivity contribution in [1.29, 1.82) is 0 Å². The van der Waals surface area contributed by atoms with Crippen molar-refractivity contribution in [2.75, 3.05) is 42.9 Å². The Balaban J connectivity index is 1.79. The zero-order chi connectivity index (χ0) is 18.5. The van der Waals surface area contributed by atoms with E-state index in [0.29, 0.717) is 0 Å². The lowest BCUT2D eigenvalue weighted by atomic mass is 10.2. The second-order valence-electron chi connectivity index (χ2n) is 6.14. The number of hydrogen-bond acceptors (Lipinski definition) is 6. The molecule has 138 valence electrons. The fourth-order valence-corrected chi connectivity index (χ4v) is 4.14. The van der Waals surface area contributed by atoms with E-state index in [9.17, 15) is 0 Å². The summed E-state index contributed by atoms with van der Waals surface area (Å²) in [5.74, 6) is 0.869. The molecule has 0 spiro atoms. The maximum atomic E-state index is 5.35. The molecule has 2 aromatic carbocycles. The van der Waals surface area contributed by atoms with E-state index in [4.69, 9.17) is 4.74 Å². The van der Waals surface area contributed by atoms with Crippen LogP contribution < -0.4 is 14.5 Å². The van der Waals surface area contributed by atoms with Crippen LogP contribution in [-0.4, -0.2) is 38.6 Å². The van der Waals surface area contributed by atoms with E-state index in [-0.39, 0.29) is 5.50 Å². The molecule has 26 heavy (non-hydrogen) atoms. The largest absolute Gasteiger partial charge is 0.497 e. The molecule has 0 fully saturated rings. The lowest BCUT2D eigenvalue weighted by Gasteiger charge is -2.22. The van der Waals surface area contributed by atoms with E-state index < -0.39 is 0 Å². The Kier molecular flexibility index (Phi) is 6.43. The highest BCUT2D eigenvalue weighted by molar-refractivity contribution is 9.09. The van der Waals surface area contributed by atoms with Crippen LogP contribution in [0.2, 0.25) is 0 Å². The van der Waals surface area contributed by atoms with E-state index in [2.05, 4.69) is 60.2 Å². The maximum absolute atomic E-state index is 5.35. The summed E-state index contributed by atoms with van der Waals surface area (Å²) in [6, 6.07) is 14.3. The number of hydrogen-bond donors (Lipinski definition) is 0. The van der Waals surface area contributed by atoms with E-state index >= 15 is 0 Å². The van der Waals surface area contributed by atoms with E-state index in [1.165, 1.54) is 10.6 Å². The minimum Gasteiger partial charge on any atom is -0.497 e. The molecule has 0 amide bonds. The van der Waals surface area contributed by atoms with Crippen LogP contribution in [0, 0.1) is 0 Å². The number of methoxy groups -OCH3 is 1. The minimum absolute atomic E-state index is 0.0512. The van der Waals surface area contributed by atoms with Crippen molar-refractivity contribution < 1.29 is 4.74 Å². The molecule has 1 aliphatic rings. The highest BCUT2D eigenvalue weighted by Crippen LogP contribution is 2.45. The van der Waals surface area contributed by atoms with Crippen LogP contribution in [-0.2, 0) is 0 Å². The van der Waals surface area contributed by atoms with Crippen LogP contribution in [0.3, 0.4) is 0 Å². The van der Waals surface area contributed by atoms with Gasteiger partial charge in [0.2, 0.25) is 0 Å². The molecule has 3 rings (SSSR count). The first-order valence-electron chi connectivity index (χ1n) is 8.48. The SMILES string of the molecule is COc1ccc2c(c1)SC(N=Nc1ccc(N(C)C)cc1)N2CCCBr. The number of rotatable bonds is 7. The Morgan fingerprint density at radius 1 is 1.19 bits per heavy atom. The van der Waals surface area contributed by atoms with Crippen LogP contribution in [0.4, 0.5) is 17.1 Å². The third-order valence-electron chi connectivity index (χ3n) is 4.15. The van der Waals surface area contributed by atoms with Gasteiger partial charge in [0.1, 0.15) is 5.75 Å². The third-order valence-corrected chi connectivity index (χ3v) is 5.85. The lowest BCUT2D eigenvalue weighted by Crippen LogP contribution is -2.28. The molecular formula is C19H23BrN4OS. The zero-order valence-corrected chi connectivity index (χ0v) is 17.6. The molecule has 0 N–H and O–H groups in total. The summed E-state index contributed by atoms with van der Waals surface area (Å²) in [6.07, 6.45) is 1.05. The Morgan fingerprint density at radius 3 is 2.62 bits per heavy atom. The Hall–Kier alpha value is -1.73. The predicted octanol–water partition coefficient (Wildman–Crippen LogP) is 5.53. The number of alkyl halides is 1. The van der Waals surface area contributed by atoms with Gasteiger partial charge < -0.3 is 14.5 Å². The fourth-order valence-electron chi connectivity index (χ4n) is 2.73. The van der Waals surface area contributed by atoms with Crippen LogP contribution in [0.15, 0.2) is 57.6 Å². The molecule has 0 saturated carbocycles. The number of azo groups is 1. The molecule has 0 radical (unpaired) electrons. The molecule has 1 atom stereocenters. The Bertz CT molecular complexity index is 767. The molecule has 1 aliphatic heterocycles. The van der Waals surface area contributed by atoms with Crippen LogP contribution in [0.5, 0.6) is 5.75 Å². The van der Waals surface area contributed by atoms with Crippen molar-refractivity contribution in [3.8, 4) is 5.75 Å². The quantitative estimate of drug-likeness (QED) is 0.424. The predicted molar refractivity (Wildman–Crippen MR) is 114 cm³/mol. The number of fused-ring (bicyclic) bond motifs is 1. The molecule has 5 nitrogen and oxygen atoms in total. The van der Waals surface area contributed by atoms with Gasteiger partial charge in [0, 0.05) is 36.6 Å². The van der Waals surface area contributed by atoms with Gasteiger partial charge in [-0.05, 0) is 48.9 Å². The van der Waals surface area contributed by atoms with Gasteiger partial charge in [-0.15, -0.1) is 0 Å². The van der Waals surface area contributed by atoms with E-state index in [1.54, 1.807) is 18.9 Å². The number of thioether (sulfide) groups is 1. The van der Waals surface area contributed by atoms with Crippen molar-refractivity contribution in [2.45, 2.75) is 16.8 Å². The van der Waals surface area contributed by atoms with Crippen molar-refractivity contribution in [1.82, 2.24) is 0 Å². The van der Waals surface area contributed by atoms with Gasteiger partial charge in [-0.3, -0.25) is 0 Å². The molecular weight excluding hydrogens is 412 g/mol. The van der Waals surface area contributed by atoms with Crippen LogP contribution in [0.1, 0.15) is 6.42 Å². The lowest BCUT2D eigenvalue weighted by molar-refractivity contribution is 0.414. The molecule has 0 saturated heterocycles. The highest BCUT2D eigenvalue weighted by Gasteiger charge is 2.30. The van der Waals surface area contributed by atoms with Gasteiger partial charge in [0.15, 0.2) is 5.50 Å². The van der Waals surface area contributed by atoms with Gasteiger partial charge in [-0.2, -0.15) is 10.2 Å². The first kappa shape index (κ1) is 19.0. The van der Waals surface area contributed by atoms with Gasteiger partial charge in [-0.1, -0.05) is 27.7 Å². The highest BCUT2D eigenvalue weighted by atomic mass is 79.9. The van der Waals surface area contributed by atoms with Crippen LogP contribution >= 0.6 is 27.7 Å². The first-order valence-corrected chi connectivity index (χ1v) is 10.5. The molecule has 2 aromatic rings. The monoisotopic (exact) mass is 434 g/mol.